The van der Waals surface area contributed by atoms with Crippen molar-refractivity contribution in [2.24, 2.45) is 17.2 Å². The van der Waals surface area contributed by atoms with E-state index in [0.29, 0.717) is 0 Å². The molecule has 0 amide bonds. The second-order valence-electron chi connectivity index (χ2n) is 4.66. The Morgan fingerprint density at radius 1 is 1.12 bits per heavy atom. The first-order valence-electron chi connectivity index (χ1n) is 8.98. The van der Waals surface area contributed by atoms with Crippen LogP contribution in [0.1, 0.15) is 12.6 Å². The van der Waals surface area contributed by atoms with Gasteiger partial charge in [0.25, 0.3) is 7.41 Å². The second-order valence-corrected chi connectivity index (χ2v) is 4.66. The van der Waals surface area contributed by atoms with Gasteiger partial charge in [0.2, 0.25) is 14.7 Å². The van der Waals surface area contributed by atoms with E-state index in [4.69, 9.17) is 23.9 Å². The topological polar surface area (TPSA) is 159 Å². The average molecular weight is 431 g/mol. The van der Waals surface area contributed by atoms with Gasteiger partial charge in [0.15, 0.2) is 7.28 Å². The molecule has 2 heterocycles. The van der Waals surface area contributed by atoms with Crippen molar-refractivity contribution in [3.63, 3.8) is 0 Å². The van der Waals surface area contributed by atoms with Crippen LogP contribution >= 0.6 is 0 Å². The third-order valence-corrected chi connectivity index (χ3v) is 2.23. The summed E-state index contributed by atoms with van der Waals surface area (Å²) >= 11 is 0. The number of hydrogen-bond acceptors (Lipinski definition) is 6. The Labute approximate surface area is 194 Å². The minimum atomic E-state index is 0.924. The summed E-state index contributed by atoms with van der Waals surface area (Å²) in [5, 5.41) is 21.0. The van der Waals surface area contributed by atoms with Gasteiger partial charge in [0.05, 0.1) is 5.69 Å². The van der Waals surface area contributed by atoms with Gasteiger partial charge in [-0.1, -0.05) is 42.8 Å². The molecule has 2 aromatic heterocycles. The molecule has 0 aliphatic rings. The fourth-order valence-corrected chi connectivity index (χ4v) is 1.04. The number of terminal acetylenes is 1. The van der Waals surface area contributed by atoms with Gasteiger partial charge in [0, 0.05) is 37.0 Å². The van der Waals surface area contributed by atoms with Crippen molar-refractivity contribution in [3.8, 4) is 18.2 Å². The number of nitrogens with zero attached hydrogens (tertiary/aromatic N) is 12. The molecule has 0 aliphatic carbocycles. The maximum absolute atomic E-state index is 7.49. The van der Waals surface area contributed by atoms with Gasteiger partial charge in [-0.2, -0.15) is 10.8 Å². The molecule has 0 aliphatic heterocycles. The summed E-state index contributed by atoms with van der Waals surface area (Å²) in [5.74, 6) is 4.31. The fraction of sp³-hybridized carbons (Fsp3) is 0.500. The first-order valence-corrected chi connectivity index (χ1v) is 8.98. The van der Waals surface area contributed by atoms with Crippen LogP contribution in [0.4, 0.5) is 0 Å². The van der Waals surface area contributed by atoms with E-state index in [1.54, 1.807) is 30.3 Å². The van der Waals surface area contributed by atoms with E-state index in [1.165, 1.54) is 14.5 Å². The van der Waals surface area contributed by atoms with Gasteiger partial charge in [-0.3, -0.25) is 4.68 Å². The summed E-state index contributed by atoms with van der Waals surface area (Å²) in [7, 11) is 10.0. The molecule has 0 atom stereocenters. The van der Waals surface area contributed by atoms with Crippen molar-refractivity contribution in [2.75, 3.05) is 7.05 Å². The van der Waals surface area contributed by atoms with Gasteiger partial charge in [-0.05, 0) is 22.9 Å². The molecule has 0 N–H and O–H groups in total. The molecule has 16 heteroatoms. The van der Waals surface area contributed by atoms with Crippen LogP contribution in [0.15, 0.2) is 22.5 Å². The number of aromatic nitrogens is 6. The van der Waals surface area contributed by atoms with Crippen LogP contribution in [0.5, 0.6) is 0 Å². The van der Waals surface area contributed by atoms with E-state index in [-0.39, 0.29) is 0 Å². The Morgan fingerprint density at radius 2 is 1.66 bits per heavy atom. The predicted octanol–water partition coefficient (Wildman–Crippen LogP) is 2.11. The zero-order chi connectivity index (χ0) is 25.6. The van der Waals surface area contributed by atoms with Crippen molar-refractivity contribution >= 4 is 35.0 Å². The quantitative estimate of drug-likeness (QED) is 0.182. The van der Waals surface area contributed by atoms with Crippen LogP contribution in [-0.4, -0.2) is 66.3 Å². The summed E-state index contributed by atoms with van der Waals surface area (Å²) in [6.45, 7) is 10.8. The van der Waals surface area contributed by atoms with E-state index in [0.717, 1.165) is 11.3 Å². The van der Waals surface area contributed by atoms with Crippen LogP contribution in [-0.2, 0) is 7.05 Å². The van der Waals surface area contributed by atoms with Crippen LogP contribution in [0, 0.1) is 31.5 Å². The Bertz CT molecular complexity index is 800. The van der Waals surface area contributed by atoms with Gasteiger partial charge in [0.1, 0.15) is 0 Å². The molecule has 4 radical (unpaired) electrons. The standard InChI is InChI=1S/2C4H7BN3.C3H4B.C3H3.CH3BN3.CH3N3/c1-5-4-3-8(2)7-6-4;1-4-3-8(5-2)7-6-4;1-3-4-2;1-3-2;1-2-4-5-3;1-3-4-2/h2*3H,1-2H3;1H,2H3;1H3;1H3;1H3/q;;;+1;;. The molecule has 0 saturated heterocycles. The minimum absolute atomic E-state index is 0.924. The Balaban J connectivity index is -0.000000154. The van der Waals surface area contributed by atoms with Crippen LogP contribution in [0.3, 0.4) is 0 Å². The number of azide groups is 2. The average Bonchev–Trinajstić information content (AvgIpc) is 3.43. The summed E-state index contributed by atoms with van der Waals surface area (Å²) in [5.41, 5.74) is 16.7. The SMILES string of the molecule is C#C[B]C.CN=[N+]=[N-].C[B]N=[N+]=[N-].C[B]c1cn(C)nn1.C[B]n1cc(C)nn1.[C+]#CC. The predicted molar refractivity (Wildman–Crippen MR) is 133 cm³/mol. The third kappa shape index (κ3) is 34.0. The van der Waals surface area contributed by atoms with Crippen molar-refractivity contribution in [1.29, 1.82) is 0 Å². The Morgan fingerprint density at radius 3 is 1.78 bits per heavy atom. The monoisotopic (exact) mass is 431 g/mol. The van der Waals surface area contributed by atoms with Crippen LogP contribution in [0.2, 0.25) is 27.3 Å². The Kier molecular flexibility index (Phi) is 36.1. The molecule has 12 nitrogen and oxygen atoms in total. The second kappa shape index (κ2) is 32.2. The molecule has 2 rings (SSSR count). The number of rotatable bonds is 3. The summed E-state index contributed by atoms with van der Waals surface area (Å²) in [6, 6.07) is 0. The van der Waals surface area contributed by atoms with Gasteiger partial charge in [-0.15, -0.1) is 16.6 Å². The first-order chi connectivity index (χ1) is 15.3. The number of hydrogen-bond donors (Lipinski definition) is 0. The van der Waals surface area contributed by atoms with Crippen LogP contribution in [0.25, 0.3) is 20.9 Å². The normalized spacial score (nSPS) is 6.78. The van der Waals surface area contributed by atoms with E-state index < -0.39 is 0 Å². The molecule has 2 aromatic rings. The molecule has 162 valence electrons. The molecular formula is C16H27B4N12+. The van der Waals surface area contributed by atoms with Crippen LogP contribution < -0.4 is 5.59 Å². The fourth-order valence-electron chi connectivity index (χ4n) is 1.04. The van der Waals surface area contributed by atoms with Crippen molar-refractivity contribution in [1.82, 2.24) is 29.9 Å². The molecule has 0 saturated carbocycles. The molecule has 0 unspecified atom stereocenters. The summed E-state index contributed by atoms with van der Waals surface area (Å²) < 4.78 is 3.35. The molecule has 0 bridgehead atoms. The molecule has 0 spiro atoms. The van der Waals surface area contributed by atoms with Gasteiger partial charge < -0.3 is 4.59 Å². The van der Waals surface area contributed by atoms with Crippen molar-refractivity contribution < 1.29 is 0 Å². The number of aryl methyl sites for hydroxylation is 2. The molecule has 0 aromatic carbocycles. The first kappa shape index (κ1) is 35.9. The van der Waals surface area contributed by atoms with E-state index in [2.05, 4.69) is 46.4 Å². The maximum atomic E-state index is 7.49. The zero-order valence-electron chi connectivity index (χ0n) is 19.9. The third-order valence-electron chi connectivity index (χ3n) is 2.23. The van der Waals surface area contributed by atoms with Crippen molar-refractivity contribution in [3.05, 3.63) is 45.4 Å². The van der Waals surface area contributed by atoms with E-state index in [9.17, 15) is 0 Å². The van der Waals surface area contributed by atoms with E-state index >= 15 is 0 Å². The summed E-state index contributed by atoms with van der Waals surface area (Å²) in [6.07, 6.45) is 14.4. The molecular weight excluding hydrogens is 404 g/mol. The van der Waals surface area contributed by atoms with E-state index in [1.807, 2.05) is 67.4 Å². The molecule has 0 fully saturated rings. The molecule has 32 heavy (non-hydrogen) atoms. The van der Waals surface area contributed by atoms with Gasteiger partial charge >= 0.3 is 19.3 Å². The van der Waals surface area contributed by atoms with Gasteiger partial charge in [-0.25, -0.2) is 0 Å². The van der Waals surface area contributed by atoms with Crippen molar-refractivity contribution in [2.45, 2.75) is 41.1 Å². The summed E-state index contributed by atoms with van der Waals surface area (Å²) in [4.78, 5) is 4.78. The zero-order valence-corrected chi connectivity index (χ0v) is 19.9. The Hall–Kier alpha value is -3.50.